The highest BCUT2D eigenvalue weighted by atomic mass is 16.6. The van der Waals surface area contributed by atoms with Crippen LogP contribution in [0.3, 0.4) is 0 Å². The zero-order chi connectivity index (χ0) is 11.3. The smallest absolute Gasteiger partial charge is 0.320 e. The first kappa shape index (κ1) is 12.5. The number of carbonyl (C=O) groups is 1. The predicted octanol–water partition coefficient (Wildman–Crippen LogP) is 2.11. The zero-order valence-electron chi connectivity index (χ0n) is 10.1. The molecule has 3 heteroatoms. The molecule has 0 saturated heterocycles. The van der Waals surface area contributed by atoms with E-state index in [1.165, 1.54) is 25.7 Å². The molecule has 0 aromatic heterocycles. The van der Waals surface area contributed by atoms with Crippen LogP contribution in [0.2, 0.25) is 0 Å². The van der Waals surface area contributed by atoms with Gasteiger partial charge in [-0.1, -0.05) is 19.3 Å². The Hall–Kier alpha value is -0.570. The van der Waals surface area contributed by atoms with Crippen molar-refractivity contribution in [3.05, 3.63) is 0 Å². The summed E-state index contributed by atoms with van der Waals surface area (Å²) in [5.74, 6) is 0.743. The van der Waals surface area contributed by atoms with Crippen molar-refractivity contribution in [1.29, 1.82) is 0 Å². The number of carbonyl (C=O) groups excluding carboxylic acids is 1. The van der Waals surface area contributed by atoms with Gasteiger partial charge in [-0.15, -0.1) is 0 Å². The van der Waals surface area contributed by atoms with Gasteiger partial charge in [0, 0.05) is 0 Å². The number of hydrogen-bond acceptors (Lipinski definition) is 3. The van der Waals surface area contributed by atoms with Crippen LogP contribution in [0.15, 0.2) is 0 Å². The quantitative estimate of drug-likeness (QED) is 0.561. The van der Waals surface area contributed by atoms with Crippen LogP contribution in [0.5, 0.6) is 0 Å². The van der Waals surface area contributed by atoms with E-state index in [4.69, 9.17) is 4.74 Å². The summed E-state index contributed by atoms with van der Waals surface area (Å²) in [6.45, 7) is 6.94. The van der Waals surface area contributed by atoms with Crippen LogP contribution in [-0.2, 0) is 9.53 Å². The van der Waals surface area contributed by atoms with Gasteiger partial charge in [-0.05, 0) is 39.7 Å². The lowest BCUT2D eigenvalue weighted by Gasteiger charge is -2.25. The van der Waals surface area contributed by atoms with Gasteiger partial charge in [-0.2, -0.15) is 0 Å². The van der Waals surface area contributed by atoms with E-state index in [0.717, 1.165) is 12.5 Å². The molecule has 0 amide bonds. The molecule has 0 aliphatic heterocycles. The molecule has 0 aromatic carbocycles. The fourth-order valence-corrected chi connectivity index (χ4v) is 1.66. The Labute approximate surface area is 92.6 Å². The van der Waals surface area contributed by atoms with Crippen molar-refractivity contribution < 1.29 is 9.53 Å². The van der Waals surface area contributed by atoms with Crippen LogP contribution in [0.1, 0.15) is 46.5 Å². The van der Waals surface area contributed by atoms with Crippen LogP contribution >= 0.6 is 0 Å². The second kappa shape index (κ2) is 5.50. The summed E-state index contributed by atoms with van der Waals surface area (Å²) < 4.78 is 5.18. The van der Waals surface area contributed by atoms with Gasteiger partial charge in [0.2, 0.25) is 0 Å². The Morgan fingerprint density at radius 1 is 1.40 bits per heavy atom. The van der Waals surface area contributed by atoms with E-state index in [9.17, 15) is 4.79 Å². The predicted molar refractivity (Wildman–Crippen MR) is 60.7 cm³/mol. The van der Waals surface area contributed by atoms with Crippen LogP contribution in [0.4, 0.5) is 0 Å². The van der Waals surface area contributed by atoms with E-state index in [0.29, 0.717) is 6.54 Å². The van der Waals surface area contributed by atoms with Gasteiger partial charge in [0.1, 0.15) is 5.60 Å². The molecular weight excluding hydrogens is 190 g/mol. The van der Waals surface area contributed by atoms with E-state index in [-0.39, 0.29) is 11.6 Å². The Kier molecular flexibility index (Phi) is 4.58. The maximum Gasteiger partial charge on any atom is 0.320 e. The van der Waals surface area contributed by atoms with Crippen LogP contribution in [0, 0.1) is 5.92 Å². The van der Waals surface area contributed by atoms with Gasteiger partial charge in [0.25, 0.3) is 0 Å². The third kappa shape index (κ3) is 5.78. The van der Waals surface area contributed by atoms with E-state index in [1.807, 2.05) is 20.8 Å². The molecule has 0 unspecified atom stereocenters. The van der Waals surface area contributed by atoms with Crippen molar-refractivity contribution >= 4 is 5.97 Å². The van der Waals surface area contributed by atoms with Gasteiger partial charge in [0.15, 0.2) is 0 Å². The number of esters is 1. The van der Waals surface area contributed by atoms with Crippen molar-refractivity contribution in [1.82, 2.24) is 5.32 Å². The molecule has 1 aliphatic carbocycles. The first-order valence-electron chi connectivity index (χ1n) is 5.90. The minimum absolute atomic E-state index is 0.156. The molecule has 1 fully saturated rings. The third-order valence-electron chi connectivity index (χ3n) is 2.64. The first-order chi connectivity index (χ1) is 6.97. The Morgan fingerprint density at radius 3 is 2.53 bits per heavy atom. The minimum Gasteiger partial charge on any atom is -0.459 e. The molecule has 15 heavy (non-hydrogen) atoms. The SMILES string of the molecule is CC(C)(C)OC(=O)CNCCC1CCC1. The van der Waals surface area contributed by atoms with Crippen molar-refractivity contribution in [3.63, 3.8) is 0 Å². The van der Waals surface area contributed by atoms with Crippen LogP contribution in [-0.4, -0.2) is 24.7 Å². The largest absolute Gasteiger partial charge is 0.459 e. The molecule has 0 radical (unpaired) electrons. The van der Waals surface area contributed by atoms with Gasteiger partial charge >= 0.3 is 5.97 Å². The third-order valence-corrected chi connectivity index (χ3v) is 2.64. The first-order valence-corrected chi connectivity index (χ1v) is 5.90. The summed E-state index contributed by atoms with van der Waals surface area (Å²) in [4.78, 5) is 11.3. The van der Waals surface area contributed by atoms with E-state index in [2.05, 4.69) is 5.32 Å². The zero-order valence-corrected chi connectivity index (χ0v) is 10.1. The molecule has 0 atom stereocenters. The molecule has 1 aliphatic rings. The molecule has 0 spiro atoms. The number of ether oxygens (including phenoxy) is 1. The van der Waals surface area contributed by atoms with Gasteiger partial charge in [-0.25, -0.2) is 0 Å². The topological polar surface area (TPSA) is 38.3 Å². The van der Waals surface area contributed by atoms with Crippen molar-refractivity contribution in [2.24, 2.45) is 5.92 Å². The Balaban J connectivity index is 1.96. The highest BCUT2D eigenvalue weighted by molar-refractivity contribution is 5.72. The summed E-state index contributed by atoms with van der Waals surface area (Å²) >= 11 is 0. The fourth-order valence-electron chi connectivity index (χ4n) is 1.66. The lowest BCUT2D eigenvalue weighted by molar-refractivity contribution is -0.153. The molecule has 0 bridgehead atoms. The second-order valence-corrected chi connectivity index (χ2v) is 5.35. The summed E-state index contributed by atoms with van der Waals surface area (Å²) in [6, 6.07) is 0. The van der Waals surface area contributed by atoms with Gasteiger partial charge < -0.3 is 10.1 Å². The number of rotatable bonds is 5. The maximum absolute atomic E-state index is 11.3. The molecule has 88 valence electrons. The molecule has 1 saturated carbocycles. The number of nitrogens with one attached hydrogen (secondary N) is 1. The molecular formula is C12H23NO2. The average molecular weight is 213 g/mol. The van der Waals surface area contributed by atoms with Crippen LogP contribution < -0.4 is 5.32 Å². The van der Waals surface area contributed by atoms with Crippen molar-refractivity contribution in [2.75, 3.05) is 13.1 Å². The van der Waals surface area contributed by atoms with Crippen molar-refractivity contribution in [3.8, 4) is 0 Å². The summed E-state index contributed by atoms with van der Waals surface area (Å²) in [7, 11) is 0. The molecule has 3 nitrogen and oxygen atoms in total. The highest BCUT2D eigenvalue weighted by Crippen LogP contribution is 2.28. The van der Waals surface area contributed by atoms with Crippen molar-refractivity contribution in [2.45, 2.75) is 52.1 Å². The molecule has 0 heterocycles. The van der Waals surface area contributed by atoms with E-state index >= 15 is 0 Å². The van der Waals surface area contributed by atoms with E-state index in [1.54, 1.807) is 0 Å². The maximum atomic E-state index is 11.3. The summed E-state index contributed by atoms with van der Waals surface area (Å²) in [6.07, 6.45) is 5.32. The minimum atomic E-state index is -0.368. The van der Waals surface area contributed by atoms with Gasteiger partial charge in [-0.3, -0.25) is 4.79 Å². The average Bonchev–Trinajstić information content (AvgIpc) is 1.96. The normalized spacial score (nSPS) is 17.3. The lowest BCUT2D eigenvalue weighted by atomic mass is 9.83. The standard InChI is InChI=1S/C12H23NO2/c1-12(2,3)15-11(14)9-13-8-7-10-5-4-6-10/h10,13H,4-9H2,1-3H3. The van der Waals surface area contributed by atoms with Crippen LogP contribution in [0.25, 0.3) is 0 Å². The lowest BCUT2D eigenvalue weighted by Crippen LogP contribution is -2.32. The highest BCUT2D eigenvalue weighted by Gasteiger charge is 2.18. The van der Waals surface area contributed by atoms with Gasteiger partial charge in [0.05, 0.1) is 6.54 Å². The molecule has 1 N–H and O–H groups in total. The summed E-state index contributed by atoms with van der Waals surface area (Å²) in [5, 5.41) is 3.13. The molecule has 1 rings (SSSR count). The fraction of sp³-hybridized carbons (Fsp3) is 0.917. The Bertz CT molecular complexity index is 204. The summed E-state index contributed by atoms with van der Waals surface area (Å²) in [5.41, 5.74) is -0.368. The van der Waals surface area contributed by atoms with E-state index < -0.39 is 0 Å². The molecule has 0 aromatic rings. The Morgan fingerprint density at radius 2 is 2.07 bits per heavy atom. The second-order valence-electron chi connectivity index (χ2n) is 5.35. The number of hydrogen-bond donors (Lipinski definition) is 1. The monoisotopic (exact) mass is 213 g/mol.